The molecule has 8 heteroatoms. The number of anilines is 1. The van der Waals surface area contributed by atoms with Gasteiger partial charge < -0.3 is 15.5 Å². The number of amides is 2. The van der Waals surface area contributed by atoms with Gasteiger partial charge in [0.1, 0.15) is 0 Å². The first kappa shape index (κ1) is 21.6. The predicted octanol–water partition coefficient (Wildman–Crippen LogP) is 3.34. The van der Waals surface area contributed by atoms with Crippen LogP contribution in [0.15, 0.2) is 30.5 Å². The molecule has 2 saturated heterocycles. The third kappa shape index (κ3) is 4.82. The van der Waals surface area contributed by atoms with Gasteiger partial charge in [0.05, 0.1) is 5.69 Å². The van der Waals surface area contributed by atoms with Gasteiger partial charge >= 0.3 is 0 Å². The molecule has 2 fully saturated rings. The number of aromatic nitrogens is 2. The highest BCUT2D eigenvalue weighted by Gasteiger charge is 2.33. The van der Waals surface area contributed by atoms with E-state index in [0.717, 1.165) is 49.0 Å². The van der Waals surface area contributed by atoms with Crippen LogP contribution in [0, 0.1) is 5.92 Å². The molecule has 1 aromatic carbocycles. The number of hydrogen-bond acceptors (Lipinski definition) is 5. The Morgan fingerprint density at radius 2 is 1.77 bits per heavy atom. The number of nitrogen functional groups attached to an aromatic ring is 1. The molecular formula is C23H28ClN5O2. The molecule has 2 aliphatic heterocycles. The summed E-state index contributed by atoms with van der Waals surface area (Å²) in [7, 11) is 0. The van der Waals surface area contributed by atoms with Crippen LogP contribution in [0.3, 0.4) is 0 Å². The Labute approximate surface area is 187 Å². The summed E-state index contributed by atoms with van der Waals surface area (Å²) in [6, 6.07) is 7.60. The lowest BCUT2D eigenvalue weighted by Crippen LogP contribution is -2.46. The summed E-state index contributed by atoms with van der Waals surface area (Å²) in [6.07, 6.45) is 5.10. The van der Waals surface area contributed by atoms with Crippen molar-refractivity contribution >= 4 is 29.4 Å². The van der Waals surface area contributed by atoms with Gasteiger partial charge in [-0.2, -0.15) is 0 Å². The molecule has 164 valence electrons. The minimum absolute atomic E-state index is 0.0134. The number of hydrogen-bond donors (Lipinski definition) is 1. The summed E-state index contributed by atoms with van der Waals surface area (Å²) in [5.74, 6) is 0.613. The van der Waals surface area contributed by atoms with Crippen molar-refractivity contribution < 1.29 is 9.59 Å². The zero-order chi connectivity index (χ0) is 22.0. The molecule has 1 atom stereocenters. The highest BCUT2D eigenvalue weighted by Crippen LogP contribution is 2.34. The number of nitrogens with two attached hydrogens (primary N) is 1. The second kappa shape index (κ2) is 9.22. The smallest absolute Gasteiger partial charge is 0.225 e. The predicted molar refractivity (Wildman–Crippen MR) is 120 cm³/mol. The largest absolute Gasteiger partial charge is 0.368 e. The van der Waals surface area contributed by atoms with E-state index in [1.165, 1.54) is 0 Å². The Balaban J connectivity index is 1.51. The van der Waals surface area contributed by atoms with Crippen molar-refractivity contribution in [1.82, 2.24) is 19.8 Å². The molecule has 2 N–H and O–H groups in total. The molecule has 31 heavy (non-hydrogen) atoms. The van der Waals surface area contributed by atoms with Crippen molar-refractivity contribution in [2.24, 2.45) is 5.92 Å². The van der Waals surface area contributed by atoms with E-state index < -0.39 is 0 Å². The van der Waals surface area contributed by atoms with Crippen molar-refractivity contribution in [1.29, 1.82) is 0 Å². The molecule has 0 aliphatic carbocycles. The van der Waals surface area contributed by atoms with Gasteiger partial charge in [-0.1, -0.05) is 23.7 Å². The van der Waals surface area contributed by atoms with Crippen molar-refractivity contribution in [2.75, 3.05) is 31.9 Å². The fraction of sp³-hybridized carbons (Fsp3) is 0.478. The number of nitrogens with zero attached hydrogens (tertiary/aromatic N) is 4. The first-order valence-electron chi connectivity index (χ1n) is 10.8. The summed E-state index contributed by atoms with van der Waals surface area (Å²) in [5, 5.41) is 0.673. The van der Waals surface area contributed by atoms with Crippen LogP contribution in [0.2, 0.25) is 5.02 Å². The molecule has 3 heterocycles. The quantitative estimate of drug-likeness (QED) is 0.788. The first-order chi connectivity index (χ1) is 14.9. The van der Waals surface area contributed by atoms with Gasteiger partial charge in [0.2, 0.25) is 17.8 Å². The van der Waals surface area contributed by atoms with Crippen LogP contribution in [0.4, 0.5) is 5.95 Å². The first-order valence-corrected chi connectivity index (χ1v) is 11.2. The van der Waals surface area contributed by atoms with Gasteiger partial charge in [0.25, 0.3) is 0 Å². The van der Waals surface area contributed by atoms with Crippen LogP contribution >= 0.6 is 11.6 Å². The number of likely N-dealkylation sites (tertiary alicyclic amines) is 2. The van der Waals surface area contributed by atoms with E-state index >= 15 is 0 Å². The average Bonchev–Trinajstić information content (AvgIpc) is 2.79. The Hall–Kier alpha value is -2.67. The Morgan fingerprint density at radius 3 is 2.45 bits per heavy atom. The van der Waals surface area contributed by atoms with Crippen LogP contribution in [0.25, 0.3) is 11.1 Å². The minimum atomic E-state index is -0.0134. The van der Waals surface area contributed by atoms with Crippen molar-refractivity contribution in [3.8, 4) is 11.1 Å². The SMILES string of the molecule is CC(=O)N1CCC(C(=O)N2CCCC(c3nc(N)ncc3-c3ccc(Cl)cc3)C2)CC1. The molecule has 1 unspecified atom stereocenters. The lowest BCUT2D eigenvalue weighted by molar-refractivity contribution is -0.141. The summed E-state index contributed by atoms with van der Waals surface area (Å²) in [4.78, 5) is 37.4. The fourth-order valence-corrected chi connectivity index (χ4v) is 4.80. The third-order valence-electron chi connectivity index (χ3n) is 6.40. The van der Waals surface area contributed by atoms with Crippen molar-refractivity contribution in [3.05, 3.63) is 41.2 Å². The van der Waals surface area contributed by atoms with E-state index in [0.29, 0.717) is 24.7 Å². The molecule has 0 bridgehead atoms. The van der Waals surface area contributed by atoms with E-state index in [1.54, 1.807) is 13.1 Å². The van der Waals surface area contributed by atoms with Crippen LogP contribution in [-0.4, -0.2) is 57.8 Å². The molecule has 2 aromatic rings. The van der Waals surface area contributed by atoms with Gasteiger partial charge in [0.15, 0.2) is 0 Å². The van der Waals surface area contributed by atoms with Gasteiger partial charge in [0, 0.05) is 61.7 Å². The maximum atomic E-state index is 13.2. The normalized spacial score (nSPS) is 20.0. The average molecular weight is 442 g/mol. The molecule has 7 nitrogen and oxygen atoms in total. The van der Waals surface area contributed by atoms with Crippen LogP contribution in [0.5, 0.6) is 0 Å². The van der Waals surface area contributed by atoms with Gasteiger partial charge in [-0.25, -0.2) is 9.97 Å². The lowest BCUT2D eigenvalue weighted by Gasteiger charge is -2.37. The number of halogens is 1. The maximum Gasteiger partial charge on any atom is 0.225 e. The molecule has 2 aliphatic rings. The molecular weight excluding hydrogens is 414 g/mol. The zero-order valence-corrected chi connectivity index (χ0v) is 18.5. The molecule has 2 amide bonds. The number of piperidine rings is 2. The number of carbonyl (C=O) groups is 2. The highest BCUT2D eigenvalue weighted by atomic mass is 35.5. The van der Waals surface area contributed by atoms with Crippen molar-refractivity contribution in [3.63, 3.8) is 0 Å². The van der Waals surface area contributed by atoms with E-state index in [-0.39, 0.29) is 29.6 Å². The van der Waals surface area contributed by atoms with Crippen molar-refractivity contribution in [2.45, 2.75) is 38.5 Å². The summed E-state index contributed by atoms with van der Waals surface area (Å²) in [5.41, 5.74) is 8.73. The van der Waals surface area contributed by atoms with E-state index in [9.17, 15) is 9.59 Å². The Morgan fingerprint density at radius 1 is 1.06 bits per heavy atom. The van der Waals surface area contributed by atoms with Gasteiger partial charge in [-0.3, -0.25) is 9.59 Å². The molecule has 4 rings (SSSR count). The second-order valence-electron chi connectivity index (χ2n) is 8.44. The van der Waals surface area contributed by atoms with Crippen LogP contribution in [-0.2, 0) is 9.59 Å². The molecule has 0 radical (unpaired) electrons. The zero-order valence-electron chi connectivity index (χ0n) is 17.8. The Bertz CT molecular complexity index is 957. The van der Waals surface area contributed by atoms with Crippen LogP contribution < -0.4 is 5.73 Å². The number of rotatable bonds is 3. The maximum absolute atomic E-state index is 13.2. The number of carbonyl (C=O) groups excluding carboxylic acids is 2. The van der Waals surface area contributed by atoms with Crippen LogP contribution in [0.1, 0.15) is 44.2 Å². The Kier molecular flexibility index (Phi) is 6.41. The van der Waals surface area contributed by atoms with E-state index in [4.69, 9.17) is 17.3 Å². The summed E-state index contributed by atoms with van der Waals surface area (Å²) in [6.45, 7) is 4.29. The monoisotopic (exact) mass is 441 g/mol. The van der Waals surface area contributed by atoms with E-state index in [1.807, 2.05) is 34.1 Å². The third-order valence-corrected chi connectivity index (χ3v) is 6.65. The fourth-order valence-electron chi connectivity index (χ4n) is 4.67. The molecule has 0 spiro atoms. The summed E-state index contributed by atoms with van der Waals surface area (Å²) >= 11 is 6.05. The number of benzene rings is 1. The summed E-state index contributed by atoms with van der Waals surface area (Å²) < 4.78 is 0. The minimum Gasteiger partial charge on any atom is -0.368 e. The van der Waals surface area contributed by atoms with E-state index in [2.05, 4.69) is 9.97 Å². The van der Waals surface area contributed by atoms with Gasteiger partial charge in [-0.05, 0) is 43.4 Å². The highest BCUT2D eigenvalue weighted by molar-refractivity contribution is 6.30. The molecule has 0 saturated carbocycles. The lowest BCUT2D eigenvalue weighted by atomic mass is 9.88. The topological polar surface area (TPSA) is 92.4 Å². The van der Waals surface area contributed by atoms with Gasteiger partial charge in [-0.15, -0.1) is 0 Å². The molecule has 1 aromatic heterocycles. The standard InChI is InChI=1S/C23H28ClN5O2/c1-15(30)28-11-8-17(9-12-28)22(31)29-10-2-3-18(14-29)21-20(13-26-23(25)27-21)16-4-6-19(24)7-5-16/h4-7,13,17-18H,2-3,8-12,14H2,1H3,(H2,25,26,27). The second-order valence-corrected chi connectivity index (χ2v) is 8.87.